The number of carboxylic acid groups (broad SMARTS) is 1. The van der Waals surface area contributed by atoms with Crippen LogP contribution in [0.3, 0.4) is 0 Å². The fourth-order valence-electron chi connectivity index (χ4n) is 2.60. The molecule has 1 aromatic heterocycles. The molecule has 0 spiro atoms. The normalized spacial score (nSPS) is 11.9. The van der Waals surface area contributed by atoms with Gasteiger partial charge in [-0.25, -0.2) is 17.6 Å². The molecule has 0 amide bonds. The average molecular weight is 475 g/mol. The van der Waals surface area contributed by atoms with Crippen molar-refractivity contribution in [2.45, 2.75) is 10.4 Å². The molecule has 0 aliphatic carbocycles. The second-order valence-corrected chi connectivity index (χ2v) is 9.13. The number of halogens is 4. The largest absolute Gasteiger partial charge is 0.495 e. The monoisotopic (exact) mass is 475 g/mol. The number of aromatic carboxylic acids is 1. The maximum Gasteiger partial charge on any atom is 0.416 e. The molecular weight excluding hydrogens is 462 g/mol. The molecule has 0 saturated heterocycles. The quantitative estimate of drug-likeness (QED) is 0.485. The molecule has 0 atom stereocenters. The zero-order valence-corrected chi connectivity index (χ0v) is 17.2. The Balaban J connectivity index is 1.90. The molecule has 0 aliphatic rings. The Labute approximate surface area is 177 Å². The number of methoxy groups -OCH3 is 1. The molecule has 0 bridgehead atoms. The van der Waals surface area contributed by atoms with E-state index in [0.29, 0.717) is 16.5 Å². The van der Waals surface area contributed by atoms with Crippen molar-refractivity contribution in [2.75, 3.05) is 11.8 Å². The highest BCUT2D eigenvalue weighted by Crippen LogP contribution is 2.36. The second kappa shape index (κ2) is 8.19. The van der Waals surface area contributed by atoms with Crippen molar-refractivity contribution >= 4 is 33.0 Å². The number of alkyl halides is 3. The lowest BCUT2D eigenvalue weighted by molar-refractivity contribution is -0.137. The number of hydrogen-bond donors (Lipinski definition) is 2. The molecule has 0 saturated carbocycles. The van der Waals surface area contributed by atoms with Crippen molar-refractivity contribution in [3.05, 3.63) is 65.5 Å². The fraction of sp³-hybridized carbons (Fsp3) is 0.105. The predicted molar refractivity (Wildman–Crippen MR) is 105 cm³/mol. The first-order valence-electron chi connectivity index (χ1n) is 8.33. The Kier molecular flexibility index (Phi) is 5.96. The summed E-state index contributed by atoms with van der Waals surface area (Å²) < 4.78 is 84.3. The minimum Gasteiger partial charge on any atom is -0.495 e. The highest BCUT2D eigenvalue weighted by molar-refractivity contribution is 7.94. The third-order valence-electron chi connectivity index (χ3n) is 4.11. The molecule has 3 rings (SSSR count). The van der Waals surface area contributed by atoms with E-state index in [1.165, 1.54) is 24.3 Å². The Morgan fingerprint density at radius 1 is 1.10 bits per heavy atom. The lowest BCUT2D eigenvalue weighted by Gasteiger charge is -2.12. The highest BCUT2D eigenvalue weighted by Gasteiger charge is 2.30. The first-order chi connectivity index (χ1) is 14.4. The minimum absolute atomic E-state index is 0.188. The van der Waals surface area contributed by atoms with Crippen LogP contribution in [0.25, 0.3) is 10.4 Å². The van der Waals surface area contributed by atoms with Gasteiger partial charge in [-0.15, -0.1) is 11.3 Å². The summed E-state index contributed by atoms with van der Waals surface area (Å²) >= 11 is 0.791. The Bertz CT molecular complexity index is 1240. The van der Waals surface area contributed by atoms with Gasteiger partial charge < -0.3 is 9.84 Å². The smallest absolute Gasteiger partial charge is 0.416 e. The van der Waals surface area contributed by atoms with Gasteiger partial charge in [0, 0.05) is 10.9 Å². The Morgan fingerprint density at radius 2 is 1.74 bits per heavy atom. The van der Waals surface area contributed by atoms with E-state index in [1.54, 1.807) is 0 Å². The van der Waals surface area contributed by atoms with Crippen LogP contribution in [0.5, 0.6) is 5.75 Å². The van der Waals surface area contributed by atoms with Crippen molar-refractivity contribution in [2.24, 2.45) is 0 Å². The number of sulfonamides is 1. The standard InChI is InChI=1S/C19H13F4NO5S2/c1-29-15-8-12(18(25)26)13(20)9-14(15)24-31(27,28)17-7-6-16(30-17)10-2-4-11(5-3-10)19(21,22)23/h2-9,24H,1H3,(H,25,26). The molecule has 31 heavy (non-hydrogen) atoms. The van der Waals surface area contributed by atoms with Gasteiger partial charge >= 0.3 is 12.1 Å². The summed E-state index contributed by atoms with van der Waals surface area (Å²) in [6, 6.07) is 8.42. The Morgan fingerprint density at radius 3 is 2.29 bits per heavy atom. The summed E-state index contributed by atoms with van der Waals surface area (Å²) in [5.74, 6) is -2.92. The molecule has 2 aromatic carbocycles. The zero-order chi connectivity index (χ0) is 23.0. The van der Waals surface area contributed by atoms with Gasteiger partial charge in [-0.1, -0.05) is 12.1 Å². The molecular formula is C19H13F4NO5S2. The lowest BCUT2D eigenvalue weighted by Crippen LogP contribution is -2.13. The second-order valence-electron chi connectivity index (χ2n) is 6.14. The molecule has 1 heterocycles. The van der Waals surface area contributed by atoms with Crippen LogP contribution < -0.4 is 9.46 Å². The minimum atomic E-state index is -4.49. The van der Waals surface area contributed by atoms with Crippen molar-refractivity contribution in [1.82, 2.24) is 0 Å². The van der Waals surface area contributed by atoms with Crippen LogP contribution in [0.1, 0.15) is 15.9 Å². The van der Waals surface area contributed by atoms with Crippen LogP contribution in [0.4, 0.5) is 23.2 Å². The van der Waals surface area contributed by atoms with Crippen molar-refractivity contribution < 1.29 is 40.6 Å². The Hall–Kier alpha value is -3.12. The van der Waals surface area contributed by atoms with Gasteiger partial charge in [0.15, 0.2) is 0 Å². The first-order valence-corrected chi connectivity index (χ1v) is 10.6. The van der Waals surface area contributed by atoms with E-state index in [1.807, 2.05) is 0 Å². The molecule has 0 unspecified atom stereocenters. The van der Waals surface area contributed by atoms with E-state index in [-0.39, 0.29) is 15.6 Å². The highest BCUT2D eigenvalue weighted by atomic mass is 32.2. The van der Waals surface area contributed by atoms with Gasteiger partial charge in [-0.3, -0.25) is 4.72 Å². The maximum atomic E-state index is 14.0. The van der Waals surface area contributed by atoms with E-state index in [2.05, 4.69) is 4.72 Å². The number of rotatable bonds is 6. The van der Waals surface area contributed by atoms with Gasteiger partial charge in [0.2, 0.25) is 0 Å². The molecule has 0 radical (unpaired) electrons. The topological polar surface area (TPSA) is 92.7 Å². The lowest BCUT2D eigenvalue weighted by atomic mass is 10.1. The third kappa shape index (κ3) is 4.80. The summed E-state index contributed by atoms with van der Waals surface area (Å²) in [6.07, 6.45) is -4.49. The number of ether oxygens (including phenoxy) is 1. The van der Waals surface area contributed by atoms with Crippen LogP contribution in [0, 0.1) is 5.82 Å². The van der Waals surface area contributed by atoms with E-state index in [9.17, 15) is 30.8 Å². The molecule has 6 nitrogen and oxygen atoms in total. The van der Waals surface area contributed by atoms with Gasteiger partial charge in [-0.05, 0) is 35.9 Å². The maximum absolute atomic E-state index is 14.0. The van der Waals surface area contributed by atoms with Crippen molar-refractivity contribution in [3.63, 3.8) is 0 Å². The molecule has 0 aliphatic heterocycles. The van der Waals surface area contributed by atoms with Gasteiger partial charge in [0.1, 0.15) is 15.8 Å². The molecule has 0 fully saturated rings. The average Bonchev–Trinajstić information content (AvgIpc) is 3.18. The number of benzene rings is 2. The van der Waals surface area contributed by atoms with E-state index in [0.717, 1.165) is 36.6 Å². The molecule has 12 heteroatoms. The summed E-state index contributed by atoms with van der Waals surface area (Å²) in [6.45, 7) is 0. The van der Waals surface area contributed by atoms with Crippen LogP contribution in [-0.4, -0.2) is 26.6 Å². The third-order valence-corrected chi connectivity index (χ3v) is 7.10. The van der Waals surface area contributed by atoms with Crippen LogP contribution in [0.2, 0.25) is 0 Å². The number of hydrogen-bond acceptors (Lipinski definition) is 5. The fourth-order valence-corrected chi connectivity index (χ4v) is 4.98. The van der Waals surface area contributed by atoms with E-state index >= 15 is 0 Å². The van der Waals surface area contributed by atoms with Gasteiger partial charge in [0.05, 0.1) is 23.9 Å². The van der Waals surface area contributed by atoms with Gasteiger partial charge in [-0.2, -0.15) is 13.2 Å². The predicted octanol–water partition coefficient (Wildman–Crippen LogP) is 5.08. The number of nitrogens with one attached hydrogen (secondary N) is 1. The summed E-state index contributed by atoms with van der Waals surface area (Å²) in [4.78, 5) is 11.4. The van der Waals surface area contributed by atoms with Crippen molar-refractivity contribution in [1.29, 1.82) is 0 Å². The number of carbonyl (C=O) groups is 1. The van der Waals surface area contributed by atoms with Crippen LogP contribution in [-0.2, 0) is 16.2 Å². The summed E-state index contributed by atoms with van der Waals surface area (Å²) in [7, 11) is -3.06. The number of anilines is 1. The van der Waals surface area contributed by atoms with E-state index in [4.69, 9.17) is 9.84 Å². The first kappa shape index (κ1) is 22.6. The van der Waals surface area contributed by atoms with Crippen molar-refractivity contribution in [3.8, 4) is 16.2 Å². The SMILES string of the molecule is COc1cc(C(=O)O)c(F)cc1NS(=O)(=O)c1ccc(-c2ccc(C(F)(F)F)cc2)s1. The molecule has 3 aromatic rings. The van der Waals surface area contributed by atoms with Crippen LogP contribution >= 0.6 is 11.3 Å². The summed E-state index contributed by atoms with van der Waals surface area (Å²) in [5, 5.41) is 8.96. The number of thiophene rings is 1. The summed E-state index contributed by atoms with van der Waals surface area (Å²) in [5.41, 5.74) is -1.45. The molecule has 164 valence electrons. The molecule has 2 N–H and O–H groups in total. The number of carboxylic acids is 1. The van der Waals surface area contributed by atoms with E-state index < -0.39 is 39.1 Å². The zero-order valence-electron chi connectivity index (χ0n) is 15.5. The van der Waals surface area contributed by atoms with Gasteiger partial charge in [0.25, 0.3) is 10.0 Å². The van der Waals surface area contributed by atoms with Crippen LogP contribution in [0.15, 0.2) is 52.7 Å².